The summed E-state index contributed by atoms with van der Waals surface area (Å²) in [5, 5.41) is 0. The van der Waals surface area contributed by atoms with Gasteiger partial charge in [-0.15, -0.1) is 0 Å². The molecule has 0 radical (unpaired) electrons. The molecule has 1 amide bonds. The van der Waals surface area contributed by atoms with E-state index in [-0.39, 0.29) is 0 Å². The van der Waals surface area contributed by atoms with Crippen LogP contribution in [-0.4, -0.2) is 67.7 Å². The lowest BCUT2D eigenvalue weighted by atomic mass is 10.0. The summed E-state index contributed by atoms with van der Waals surface area (Å²) < 4.78 is 16.3. The van der Waals surface area contributed by atoms with Gasteiger partial charge in [-0.1, -0.05) is 36.4 Å². The maximum Gasteiger partial charge on any atom is 0.405 e. The van der Waals surface area contributed by atoms with E-state index in [2.05, 4.69) is 10.8 Å². The molecule has 0 saturated carbocycles. The summed E-state index contributed by atoms with van der Waals surface area (Å²) in [5.41, 5.74) is 8.48. The average Bonchev–Trinajstić information content (AvgIpc) is 2.80. The van der Waals surface area contributed by atoms with E-state index in [1.54, 1.807) is 6.07 Å². The number of methoxy groups -OCH3 is 2. The van der Waals surface area contributed by atoms with Crippen molar-refractivity contribution >= 4 is 12.0 Å². The quantitative estimate of drug-likeness (QED) is 0.491. The minimum Gasteiger partial charge on any atom is -0.435 e. The molecule has 1 saturated heterocycles. The Balaban J connectivity index is 2.00. The Hall–Kier alpha value is -3.23. The van der Waals surface area contributed by atoms with Gasteiger partial charge in [0, 0.05) is 40.4 Å². The molecule has 0 aliphatic carbocycles. The summed E-state index contributed by atoms with van der Waals surface area (Å²) in [6.07, 6.45) is -2.43. The second kappa shape index (κ2) is 10.9. The van der Waals surface area contributed by atoms with Gasteiger partial charge in [-0.05, 0) is 24.2 Å². The topological polar surface area (TPSA) is 107 Å². The first kappa shape index (κ1) is 23.4. The van der Waals surface area contributed by atoms with E-state index >= 15 is 0 Å². The van der Waals surface area contributed by atoms with Crippen molar-refractivity contribution < 1.29 is 23.8 Å². The molecule has 0 spiro atoms. The lowest BCUT2D eigenvalue weighted by Crippen LogP contribution is -2.42. The number of likely N-dealkylation sites (N-methyl/N-ethyl adjacent to an activating group) is 1. The number of primary amides is 1. The van der Waals surface area contributed by atoms with E-state index in [0.29, 0.717) is 36.7 Å². The summed E-state index contributed by atoms with van der Waals surface area (Å²) in [6, 6.07) is 12.9. The van der Waals surface area contributed by atoms with Crippen LogP contribution in [0.4, 0.5) is 4.79 Å². The Bertz CT molecular complexity index is 974. The van der Waals surface area contributed by atoms with E-state index in [1.165, 1.54) is 14.2 Å². The number of amides is 1. The number of hydrogen-bond donors (Lipinski definition) is 1. The van der Waals surface area contributed by atoms with Gasteiger partial charge in [0.2, 0.25) is 6.29 Å². The molecule has 1 aliphatic rings. The number of rotatable bonds is 8. The Morgan fingerprint density at radius 1 is 1.16 bits per heavy atom. The van der Waals surface area contributed by atoms with Crippen LogP contribution in [0.3, 0.4) is 0 Å². The number of aromatic nitrogens is 1. The van der Waals surface area contributed by atoms with E-state index < -0.39 is 18.5 Å². The van der Waals surface area contributed by atoms with Crippen LogP contribution in [0.15, 0.2) is 48.2 Å². The molecule has 1 aromatic heterocycles. The van der Waals surface area contributed by atoms with Gasteiger partial charge in [0.15, 0.2) is 6.10 Å². The third kappa shape index (κ3) is 5.52. The van der Waals surface area contributed by atoms with Crippen LogP contribution in [0.1, 0.15) is 34.9 Å². The largest absolute Gasteiger partial charge is 0.435 e. The fourth-order valence-corrected chi connectivity index (χ4v) is 3.70. The van der Waals surface area contributed by atoms with Crippen molar-refractivity contribution in [1.29, 1.82) is 0 Å². The molecule has 2 aromatic rings. The van der Waals surface area contributed by atoms with Crippen molar-refractivity contribution in [3.8, 4) is 0 Å². The molecule has 1 unspecified atom stereocenters. The van der Waals surface area contributed by atoms with Crippen LogP contribution in [-0.2, 0) is 25.5 Å². The van der Waals surface area contributed by atoms with Crippen molar-refractivity contribution in [3.05, 3.63) is 70.7 Å². The molecular formula is C23H28N4O5. The summed E-state index contributed by atoms with van der Waals surface area (Å²) in [5.74, 6) is 2.05. The molecule has 170 valence electrons. The highest BCUT2D eigenvalue weighted by atomic mass is 16.7. The van der Waals surface area contributed by atoms with Crippen LogP contribution in [0, 0.1) is 0 Å². The summed E-state index contributed by atoms with van der Waals surface area (Å²) in [4.78, 5) is 31.9. The third-order valence-electron chi connectivity index (χ3n) is 5.32. The lowest BCUT2D eigenvalue weighted by molar-refractivity contribution is -0.109. The number of piperazine rings is 1. The summed E-state index contributed by atoms with van der Waals surface area (Å²) in [6.45, 7) is 2.48. The zero-order valence-corrected chi connectivity index (χ0v) is 18.5. The standard InChI is InChI=1S/C23H28N4O5/c1-26-11-12-27(18(14-26)15-28)13-17-9-10-19(25-20(17)22(30-2)31-3)21(32-23(24)29)16-7-5-4-6-8-16/h4-10,21-22H,11-14H2,1-3H3,(H2,24,29). The Kier molecular flexibility index (Phi) is 7.97. The lowest BCUT2D eigenvalue weighted by Gasteiger charge is -2.35. The number of benzene rings is 1. The van der Waals surface area contributed by atoms with Gasteiger partial charge in [0.1, 0.15) is 17.3 Å². The molecule has 0 bridgehead atoms. The Labute approximate surface area is 187 Å². The van der Waals surface area contributed by atoms with Crippen LogP contribution >= 0.6 is 0 Å². The van der Waals surface area contributed by atoms with Gasteiger partial charge in [-0.2, -0.15) is 0 Å². The monoisotopic (exact) mass is 440 g/mol. The highest BCUT2D eigenvalue weighted by Gasteiger charge is 2.26. The van der Waals surface area contributed by atoms with Gasteiger partial charge in [0.25, 0.3) is 0 Å². The van der Waals surface area contributed by atoms with E-state index in [0.717, 1.165) is 17.7 Å². The smallest absolute Gasteiger partial charge is 0.405 e. The summed E-state index contributed by atoms with van der Waals surface area (Å²) >= 11 is 0. The van der Waals surface area contributed by atoms with E-state index in [4.69, 9.17) is 24.9 Å². The zero-order chi connectivity index (χ0) is 23.1. The van der Waals surface area contributed by atoms with Crippen molar-refractivity contribution in [2.24, 2.45) is 5.73 Å². The average molecular weight is 441 g/mol. The third-order valence-corrected chi connectivity index (χ3v) is 5.32. The first-order valence-electron chi connectivity index (χ1n) is 10.2. The second-order valence-electron chi connectivity index (χ2n) is 7.52. The van der Waals surface area contributed by atoms with Crippen LogP contribution in [0.25, 0.3) is 0 Å². The van der Waals surface area contributed by atoms with Gasteiger partial charge in [-0.25, -0.2) is 14.6 Å². The molecule has 1 atom stereocenters. The molecule has 1 aliphatic heterocycles. The molecule has 2 N–H and O–H groups in total. The molecule has 1 fully saturated rings. The molecule has 9 heteroatoms. The SMILES string of the molecule is COC(OC)c1nc(C(OC(N)=O)c2ccccc2)ccc1CN1CCN(C)CC1=C=O. The molecule has 2 heterocycles. The number of hydrogen-bond acceptors (Lipinski definition) is 8. The predicted octanol–water partition coefficient (Wildman–Crippen LogP) is 2.02. The number of carbonyl (C=O) groups excluding carboxylic acids is 2. The maximum atomic E-state index is 11.6. The van der Waals surface area contributed by atoms with Crippen molar-refractivity contribution in [2.75, 3.05) is 40.9 Å². The van der Waals surface area contributed by atoms with Gasteiger partial charge in [0.05, 0.1) is 5.69 Å². The number of nitrogens with zero attached hydrogens (tertiary/aromatic N) is 3. The predicted molar refractivity (Wildman–Crippen MR) is 117 cm³/mol. The molecular weight excluding hydrogens is 412 g/mol. The van der Waals surface area contributed by atoms with Crippen molar-refractivity contribution in [2.45, 2.75) is 18.9 Å². The van der Waals surface area contributed by atoms with Gasteiger partial charge >= 0.3 is 6.09 Å². The molecule has 3 rings (SSSR count). The Morgan fingerprint density at radius 3 is 2.50 bits per heavy atom. The normalized spacial score (nSPS) is 15.5. The fraction of sp³-hybridized carbons (Fsp3) is 0.391. The highest BCUT2D eigenvalue weighted by molar-refractivity contribution is 5.65. The number of pyridine rings is 1. The number of ether oxygens (including phenoxy) is 3. The first-order chi connectivity index (χ1) is 15.5. The van der Waals surface area contributed by atoms with Gasteiger partial charge < -0.3 is 24.8 Å². The van der Waals surface area contributed by atoms with Gasteiger partial charge in [-0.3, -0.25) is 4.90 Å². The fourth-order valence-electron chi connectivity index (χ4n) is 3.70. The van der Waals surface area contributed by atoms with Crippen molar-refractivity contribution in [1.82, 2.24) is 14.8 Å². The zero-order valence-electron chi connectivity index (χ0n) is 18.5. The highest BCUT2D eigenvalue weighted by Crippen LogP contribution is 2.29. The van der Waals surface area contributed by atoms with Crippen LogP contribution < -0.4 is 5.73 Å². The van der Waals surface area contributed by atoms with E-state index in [9.17, 15) is 9.59 Å². The molecule has 1 aromatic carbocycles. The van der Waals surface area contributed by atoms with Crippen LogP contribution in [0.2, 0.25) is 0 Å². The maximum absolute atomic E-state index is 11.6. The Morgan fingerprint density at radius 2 is 1.88 bits per heavy atom. The molecule has 32 heavy (non-hydrogen) atoms. The van der Waals surface area contributed by atoms with Crippen molar-refractivity contribution in [3.63, 3.8) is 0 Å². The minimum atomic E-state index is -0.903. The second-order valence-corrected chi connectivity index (χ2v) is 7.52. The summed E-state index contributed by atoms with van der Waals surface area (Å²) in [7, 11) is 5.01. The van der Waals surface area contributed by atoms with Crippen LogP contribution in [0.5, 0.6) is 0 Å². The molecule has 9 nitrogen and oxygen atoms in total. The number of nitrogens with two attached hydrogens (primary N) is 1. The minimum absolute atomic E-state index is 0.441. The van der Waals surface area contributed by atoms with E-state index in [1.807, 2.05) is 48.3 Å². The first-order valence-corrected chi connectivity index (χ1v) is 10.2. The number of carbonyl (C=O) groups is 1.